The van der Waals surface area contributed by atoms with Crippen LogP contribution in [0.15, 0.2) is 54.6 Å². The highest BCUT2D eigenvalue weighted by Crippen LogP contribution is 2.23. The molecule has 2 aromatic carbocycles. The van der Waals surface area contributed by atoms with Gasteiger partial charge in [-0.05, 0) is 62.9 Å². The molecule has 6 nitrogen and oxygen atoms in total. The minimum absolute atomic E-state index is 0.408. The fraction of sp³-hybridized carbons (Fsp3) is 0.417. The first-order valence-electron chi connectivity index (χ1n) is 10.7. The second kappa shape index (κ2) is 11.4. The molecule has 0 radical (unpaired) electrons. The molecule has 1 fully saturated rings. The molecule has 0 aromatic heterocycles. The Morgan fingerprint density at radius 2 is 1.70 bits per heavy atom. The lowest BCUT2D eigenvalue weighted by Gasteiger charge is -2.32. The van der Waals surface area contributed by atoms with Crippen molar-refractivity contribution >= 4 is 17.5 Å². The molecule has 3 rings (SSSR count). The zero-order valence-electron chi connectivity index (χ0n) is 17.6. The molecule has 2 amide bonds. The molecule has 1 saturated heterocycles. The third-order valence-corrected chi connectivity index (χ3v) is 5.46. The first-order chi connectivity index (χ1) is 14.7. The number of benzene rings is 2. The Morgan fingerprint density at radius 3 is 2.43 bits per heavy atom. The van der Waals surface area contributed by atoms with Crippen molar-refractivity contribution in [2.45, 2.75) is 26.2 Å². The van der Waals surface area contributed by atoms with Crippen LogP contribution in [0.1, 0.15) is 25.3 Å². The van der Waals surface area contributed by atoms with Crippen LogP contribution in [0.25, 0.3) is 0 Å². The maximum Gasteiger partial charge on any atom is 0.313 e. The summed E-state index contributed by atoms with van der Waals surface area (Å²) >= 11 is 0. The van der Waals surface area contributed by atoms with Crippen molar-refractivity contribution in [3.8, 4) is 5.75 Å². The number of carbonyl (C=O) groups excluding carboxylic acids is 2. The molecule has 160 valence electrons. The lowest BCUT2D eigenvalue weighted by atomic mass is 9.96. The first kappa shape index (κ1) is 21.8. The van der Waals surface area contributed by atoms with Crippen molar-refractivity contribution in [3.05, 3.63) is 60.2 Å². The van der Waals surface area contributed by atoms with E-state index in [1.54, 1.807) is 18.2 Å². The number of amides is 2. The van der Waals surface area contributed by atoms with E-state index in [9.17, 15) is 9.59 Å². The van der Waals surface area contributed by atoms with Gasteiger partial charge in [0.1, 0.15) is 5.75 Å². The van der Waals surface area contributed by atoms with Crippen LogP contribution in [0.4, 0.5) is 5.69 Å². The van der Waals surface area contributed by atoms with Crippen LogP contribution < -0.4 is 15.4 Å². The lowest BCUT2D eigenvalue weighted by Crippen LogP contribution is -2.42. The van der Waals surface area contributed by atoms with Crippen molar-refractivity contribution in [1.82, 2.24) is 10.2 Å². The minimum Gasteiger partial charge on any atom is -0.492 e. The van der Waals surface area contributed by atoms with E-state index in [0.717, 1.165) is 38.9 Å². The van der Waals surface area contributed by atoms with Crippen LogP contribution in [-0.4, -0.2) is 49.5 Å². The maximum absolute atomic E-state index is 12.2. The molecule has 30 heavy (non-hydrogen) atoms. The minimum atomic E-state index is -0.664. The number of likely N-dealkylation sites (tertiary alicyclic amines) is 1. The Bertz CT molecular complexity index is 817. The summed E-state index contributed by atoms with van der Waals surface area (Å²) in [5.74, 6) is -0.301. The van der Waals surface area contributed by atoms with Crippen molar-refractivity contribution in [2.24, 2.45) is 5.92 Å². The predicted molar refractivity (Wildman–Crippen MR) is 119 cm³/mol. The number of para-hydroxylation sites is 2. The molecule has 2 aromatic rings. The highest BCUT2D eigenvalue weighted by Gasteiger charge is 2.21. The molecular formula is C24H31N3O3. The van der Waals surface area contributed by atoms with Crippen LogP contribution in [0.2, 0.25) is 0 Å². The second-order valence-corrected chi connectivity index (χ2v) is 7.61. The molecule has 0 aliphatic carbocycles. The SMILES string of the molecule is CCOc1ccccc1NC(=O)C(=O)NCC1CCN(CCc2ccccc2)CC1. The van der Waals surface area contributed by atoms with Gasteiger partial charge in [0.2, 0.25) is 0 Å². The zero-order chi connectivity index (χ0) is 21.2. The molecule has 0 bridgehead atoms. The van der Waals surface area contributed by atoms with E-state index in [-0.39, 0.29) is 0 Å². The van der Waals surface area contributed by atoms with E-state index < -0.39 is 11.8 Å². The summed E-state index contributed by atoms with van der Waals surface area (Å²) in [6, 6.07) is 17.6. The number of rotatable bonds is 8. The zero-order valence-corrected chi connectivity index (χ0v) is 17.6. The Balaban J connectivity index is 1.37. The predicted octanol–water partition coefficient (Wildman–Crippen LogP) is 3.09. The quantitative estimate of drug-likeness (QED) is 0.658. The van der Waals surface area contributed by atoms with Gasteiger partial charge in [-0.1, -0.05) is 42.5 Å². The van der Waals surface area contributed by atoms with Gasteiger partial charge in [0, 0.05) is 13.1 Å². The molecule has 1 aliphatic heterocycles. The van der Waals surface area contributed by atoms with Crippen LogP contribution in [0.3, 0.4) is 0 Å². The first-order valence-corrected chi connectivity index (χ1v) is 10.7. The Morgan fingerprint density at radius 1 is 1.00 bits per heavy atom. The third-order valence-electron chi connectivity index (χ3n) is 5.46. The Kier molecular flexibility index (Phi) is 8.27. The molecule has 1 heterocycles. The van der Waals surface area contributed by atoms with E-state index in [0.29, 0.717) is 30.5 Å². The Labute approximate surface area is 178 Å². The standard InChI is InChI=1S/C24H31N3O3/c1-2-30-22-11-7-6-10-21(22)26-24(29)23(28)25-18-20-13-16-27(17-14-20)15-12-19-8-4-3-5-9-19/h3-11,20H,2,12-18H2,1H3,(H,25,28)(H,26,29). The van der Waals surface area contributed by atoms with Gasteiger partial charge < -0.3 is 20.3 Å². The van der Waals surface area contributed by atoms with Gasteiger partial charge in [0.15, 0.2) is 0 Å². The average molecular weight is 410 g/mol. The summed E-state index contributed by atoms with van der Waals surface area (Å²) < 4.78 is 5.48. The maximum atomic E-state index is 12.2. The van der Waals surface area contributed by atoms with E-state index in [4.69, 9.17) is 4.74 Å². The van der Waals surface area contributed by atoms with E-state index >= 15 is 0 Å². The number of hydrogen-bond acceptors (Lipinski definition) is 4. The summed E-state index contributed by atoms with van der Waals surface area (Å²) in [4.78, 5) is 26.9. The normalized spacial score (nSPS) is 14.8. The summed E-state index contributed by atoms with van der Waals surface area (Å²) in [5, 5.41) is 5.42. The largest absolute Gasteiger partial charge is 0.492 e. The van der Waals surface area contributed by atoms with Gasteiger partial charge in [-0.2, -0.15) is 0 Å². The average Bonchev–Trinajstić information content (AvgIpc) is 2.79. The fourth-order valence-corrected chi connectivity index (χ4v) is 3.69. The summed E-state index contributed by atoms with van der Waals surface area (Å²) in [6.45, 7) is 6.01. The number of nitrogens with one attached hydrogen (secondary N) is 2. The molecule has 1 aliphatic rings. The van der Waals surface area contributed by atoms with Gasteiger partial charge in [-0.3, -0.25) is 9.59 Å². The van der Waals surface area contributed by atoms with Crippen molar-refractivity contribution in [3.63, 3.8) is 0 Å². The van der Waals surface area contributed by atoms with Crippen molar-refractivity contribution in [2.75, 3.05) is 38.1 Å². The van der Waals surface area contributed by atoms with Gasteiger partial charge in [0.25, 0.3) is 0 Å². The van der Waals surface area contributed by atoms with Crippen molar-refractivity contribution in [1.29, 1.82) is 0 Å². The van der Waals surface area contributed by atoms with Gasteiger partial charge in [0.05, 0.1) is 12.3 Å². The molecule has 0 atom stereocenters. The highest BCUT2D eigenvalue weighted by molar-refractivity contribution is 6.39. The number of carbonyl (C=O) groups is 2. The van der Waals surface area contributed by atoms with E-state index in [1.165, 1.54) is 5.56 Å². The lowest BCUT2D eigenvalue weighted by molar-refractivity contribution is -0.136. The number of ether oxygens (including phenoxy) is 1. The van der Waals surface area contributed by atoms with Crippen LogP contribution in [0.5, 0.6) is 5.75 Å². The summed E-state index contributed by atoms with van der Waals surface area (Å²) in [7, 11) is 0. The second-order valence-electron chi connectivity index (χ2n) is 7.61. The number of hydrogen-bond donors (Lipinski definition) is 2. The van der Waals surface area contributed by atoms with E-state index in [1.807, 2.05) is 19.1 Å². The van der Waals surface area contributed by atoms with Gasteiger partial charge >= 0.3 is 11.8 Å². The molecule has 6 heteroatoms. The van der Waals surface area contributed by atoms with Crippen molar-refractivity contribution < 1.29 is 14.3 Å². The number of piperidine rings is 1. The van der Waals surface area contributed by atoms with Gasteiger partial charge in [-0.25, -0.2) is 0 Å². The molecule has 2 N–H and O–H groups in total. The Hall–Kier alpha value is -2.86. The number of anilines is 1. The molecular weight excluding hydrogens is 378 g/mol. The molecule has 0 saturated carbocycles. The highest BCUT2D eigenvalue weighted by atomic mass is 16.5. The smallest absolute Gasteiger partial charge is 0.313 e. The topological polar surface area (TPSA) is 70.7 Å². The number of nitrogens with zero attached hydrogens (tertiary/aromatic N) is 1. The third kappa shape index (κ3) is 6.59. The van der Waals surface area contributed by atoms with Crippen LogP contribution in [-0.2, 0) is 16.0 Å². The van der Waals surface area contributed by atoms with Crippen LogP contribution in [0, 0.1) is 5.92 Å². The van der Waals surface area contributed by atoms with Crippen LogP contribution >= 0.6 is 0 Å². The summed E-state index contributed by atoms with van der Waals surface area (Å²) in [6.07, 6.45) is 3.12. The molecule has 0 unspecified atom stereocenters. The van der Waals surface area contributed by atoms with Gasteiger partial charge in [-0.15, -0.1) is 0 Å². The monoisotopic (exact) mass is 409 g/mol. The molecule has 0 spiro atoms. The summed E-state index contributed by atoms with van der Waals surface area (Å²) in [5.41, 5.74) is 1.87. The van der Waals surface area contributed by atoms with E-state index in [2.05, 4.69) is 39.8 Å². The fourth-order valence-electron chi connectivity index (χ4n) is 3.69.